The number of carbonyl (C=O) groups is 4. The number of rotatable bonds is 28. The molecule has 12 N–H and O–H groups in total. The van der Waals surface area contributed by atoms with Crippen molar-refractivity contribution in [2.75, 3.05) is 49.9 Å². The summed E-state index contributed by atoms with van der Waals surface area (Å²) in [4.78, 5) is 61.8. The van der Waals surface area contributed by atoms with Crippen molar-refractivity contribution in [2.24, 2.45) is 34.5 Å². The van der Waals surface area contributed by atoms with Crippen LogP contribution in [0.15, 0.2) is 24.3 Å². The van der Waals surface area contributed by atoms with E-state index in [2.05, 4.69) is 32.5 Å². The number of aromatic nitrogens is 4. The quantitative estimate of drug-likeness (QED) is 0.0252. The Hall–Kier alpha value is -4.28. The number of carbonyl (C=O) groups excluding carboxylic acids is 3. The molecule has 9 aliphatic rings. The zero-order valence-corrected chi connectivity index (χ0v) is 57.7. The number of anilines is 1. The highest BCUT2D eigenvalue weighted by atomic mass is 32.2. The molecule has 0 aromatic carbocycles. The lowest BCUT2D eigenvalue weighted by atomic mass is 9.42. The molecule has 5 unspecified atom stereocenters. The van der Waals surface area contributed by atoms with Gasteiger partial charge in [-0.25, -0.2) is 24.5 Å². The number of imidazole rings is 1. The molecular formula is C68H106N7O21S+. The van der Waals surface area contributed by atoms with E-state index >= 15 is 0 Å². The highest BCUT2D eigenvalue weighted by Crippen LogP contribution is 2.70. The average Bonchev–Trinajstić information content (AvgIpc) is 1.53. The Morgan fingerprint density at radius 3 is 2.23 bits per heavy atom. The summed E-state index contributed by atoms with van der Waals surface area (Å²) < 4.78 is 57.0. The van der Waals surface area contributed by atoms with Crippen LogP contribution in [0.2, 0.25) is 0 Å². The van der Waals surface area contributed by atoms with Crippen LogP contribution in [0.25, 0.3) is 11.2 Å². The monoisotopic (exact) mass is 1390 g/mol. The number of aliphatic carboxylic acids is 1. The predicted octanol–water partition coefficient (Wildman–Crippen LogP) is 2.38. The fourth-order valence-electron chi connectivity index (χ4n) is 18.0. The molecule has 27 atom stereocenters. The molecule has 97 heavy (non-hydrogen) atoms. The Morgan fingerprint density at radius 2 is 1.51 bits per heavy atom. The minimum absolute atomic E-state index is 0.0406. The second-order valence-electron chi connectivity index (χ2n) is 29.7. The van der Waals surface area contributed by atoms with Crippen LogP contribution in [0, 0.1) is 34.5 Å². The Bertz CT molecular complexity index is 3040. The van der Waals surface area contributed by atoms with Crippen LogP contribution in [0.5, 0.6) is 0 Å². The third-order valence-electron chi connectivity index (χ3n) is 23.6. The second kappa shape index (κ2) is 31.5. The van der Waals surface area contributed by atoms with Gasteiger partial charge in [-0.15, -0.1) is 0 Å². The van der Waals surface area contributed by atoms with Gasteiger partial charge in [-0.2, -0.15) is 0 Å². The number of nitrogens with two attached hydrogens (primary N) is 1. The number of cyclic esters (lactones) is 1. The zero-order valence-electron chi connectivity index (χ0n) is 56.8. The molecule has 4 saturated carbocycles. The number of amides is 2. The first-order valence-electron chi connectivity index (χ1n) is 35.4. The van der Waals surface area contributed by atoms with Crippen LogP contribution in [0.4, 0.5) is 5.82 Å². The number of ether oxygens (including phenoxy) is 9. The van der Waals surface area contributed by atoms with E-state index in [-0.39, 0.29) is 91.8 Å². The number of aliphatic hydroxyl groups is 7. The Labute approximate surface area is 569 Å². The van der Waals surface area contributed by atoms with E-state index in [0.717, 1.165) is 37.7 Å². The molecule has 5 aliphatic heterocycles. The Balaban J connectivity index is 0.525. The average molecular weight is 1390 g/mol. The first-order valence-corrected chi connectivity index (χ1v) is 37.4. The molecule has 0 bridgehead atoms. The lowest BCUT2D eigenvalue weighted by Gasteiger charge is -2.65. The molecule has 2 aromatic rings. The van der Waals surface area contributed by atoms with Crippen LogP contribution >= 0.6 is 0 Å². The molecule has 544 valence electrons. The van der Waals surface area contributed by atoms with E-state index in [1.807, 2.05) is 20.1 Å². The van der Waals surface area contributed by atoms with E-state index in [1.165, 1.54) is 17.2 Å². The van der Waals surface area contributed by atoms with E-state index in [4.69, 9.17) is 48.4 Å². The Kier molecular flexibility index (Phi) is 24.0. The van der Waals surface area contributed by atoms with Crippen LogP contribution < -0.4 is 16.4 Å². The molecule has 4 saturated heterocycles. The topological polar surface area (TPSA) is 407 Å². The standard InChI is InChI=1S/C68H105N7O21S/c1-35-61(57(83)47(31-89-35)94-60-37(3)92-53(29-46(60)77)93-40-17-20-66(4)39(26-40)15-16-42-43(66)27-49(78)67(5)41(18-21-68(42,67)87)38-25-52(81)90-30-38)96-54-28-45(76)59(36(2)91-54)88-23-12-8-10-13-50(79)70-22-11-7-9-14-51(80)74-44(65(85)86)19-24-97(6)32-48-56(82)58(84)64(95-48)75-34-73-55-62(69)71-33-72-63(55)75/h25,33-37,39-49,53-54,56-61,64,76-78,82-84,87H,7-24,26-32H2,1-6H3,(H4-,69,70,71,72,74,79,80,85,86)/p+1/t35-,36-,37-,39-,40-,41-,42?,43+,44+,45+,46+,47?,48-,49-,53?,54?,56-,57+,58-,59-,60-,61-,64-,66+,67+,68+,97?/m1/s1. The summed E-state index contributed by atoms with van der Waals surface area (Å²) in [7, 11) is -0.438. The zero-order chi connectivity index (χ0) is 69.3. The number of fused-ring (bicyclic) bond motifs is 6. The number of nitrogens with one attached hydrogen (secondary N) is 2. The van der Waals surface area contributed by atoms with Gasteiger partial charge in [0.1, 0.15) is 84.8 Å². The largest absolute Gasteiger partial charge is 0.480 e. The summed E-state index contributed by atoms with van der Waals surface area (Å²) in [6, 6.07) is -1.10. The van der Waals surface area contributed by atoms with Gasteiger partial charge in [-0.05, 0) is 143 Å². The van der Waals surface area contributed by atoms with Gasteiger partial charge in [-0.3, -0.25) is 14.2 Å². The van der Waals surface area contributed by atoms with Crippen molar-refractivity contribution < 1.29 is 103 Å². The minimum Gasteiger partial charge on any atom is -0.480 e. The summed E-state index contributed by atoms with van der Waals surface area (Å²) >= 11 is 0. The molecule has 28 nitrogen and oxygen atoms in total. The van der Waals surface area contributed by atoms with Crippen molar-refractivity contribution in [1.29, 1.82) is 0 Å². The third-order valence-corrected chi connectivity index (χ3v) is 25.4. The highest BCUT2D eigenvalue weighted by Gasteiger charge is 2.71. The van der Waals surface area contributed by atoms with Gasteiger partial charge < -0.3 is 99.9 Å². The lowest BCUT2D eigenvalue weighted by molar-refractivity contribution is -0.319. The Morgan fingerprint density at radius 1 is 0.784 bits per heavy atom. The fraction of sp³-hybridized carbons (Fsp3) is 0.838. The molecular weight excluding hydrogens is 1280 g/mol. The number of hydrogen-bond acceptors (Lipinski definition) is 24. The maximum atomic E-state index is 12.8. The van der Waals surface area contributed by atoms with E-state index in [1.54, 1.807) is 19.9 Å². The third kappa shape index (κ3) is 15.9. The molecule has 4 aliphatic carbocycles. The molecule has 8 fully saturated rings. The number of hydrogen-bond donors (Lipinski definition) is 11. The number of carboxylic acids is 1. The van der Waals surface area contributed by atoms with E-state index in [0.29, 0.717) is 106 Å². The van der Waals surface area contributed by atoms with Crippen molar-refractivity contribution in [3.05, 3.63) is 24.3 Å². The number of nitrogen functional groups attached to an aromatic ring is 1. The normalized spacial score (nSPS) is 41.1. The van der Waals surface area contributed by atoms with Crippen molar-refractivity contribution in [2.45, 2.75) is 279 Å². The van der Waals surface area contributed by atoms with Gasteiger partial charge >= 0.3 is 11.9 Å². The summed E-state index contributed by atoms with van der Waals surface area (Å²) in [6.07, 6.45) is 2.56. The fourth-order valence-corrected chi connectivity index (χ4v) is 19.7. The summed E-state index contributed by atoms with van der Waals surface area (Å²) in [5, 5.41) is 96.4. The molecule has 0 spiro atoms. The summed E-state index contributed by atoms with van der Waals surface area (Å²) in [5.74, 6) is -0.621. The lowest BCUT2D eigenvalue weighted by Crippen LogP contribution is -2.67. The van der Waals surface area contributed by atoms with Gasteiger partial charge in [0, 0.05) is 56.7 Å². The van der Waals surface area contributed by atoms with Crippen LogP contribution in [0.1, 0.15) is 163 Å². The molecule has 2 aromatic heterocycles. The van der Waals surface area contributed by atoms with Crippen LogP contribution in [-0.2, 0) is 72.7 Å². The van der Waals surface area contributed by atoms with E-state index < -0.39 is 138 Å². The molecule has 7 heterocycles. The number of esters is 1. The second-order valence-corrected chi connectivity index (χ2v) is 32.0. The molecule has 0 radical (unpaired) electrons. The summed E-state index contributed by atoms with van der Waals surface area (Å²) in [5.41, 5.74) is 5.56. The van der Waals surface area contributed by atoms with Gasteiger partial charge in [0.15, 0.2) is 30.3 Å². The first kappa shape index (κ1) is 73.9. The van der Waals surface area contributed by atoms with Crippen LogP contribution in [0.3, 0.4) is 0 Å². The van der Waals surface area contributed by atoms with Crippen molar-refractivity contribution in [3.8, 4) is 0 Å². The maximum Gasteiger partial charge on any atom is 0.331 e. The number of aliphatic hydroxyl groups excluding tert-OH is 6. The smallest absolute Gasteiger partial charge is 0.331 e. The number of carboxylic acid groups (broad SMARTS) is 1. The minimum atomic E-state index is -1.27. The number of nitrogens with zero attached hydrogens (tertiary/aromatic N) is 4. The highest BCUT2D eigenvalue weighted by molar-refractivity contribution is 7.96. The molecule has 2 amide bonds. The van der Waals surface area contributed by atoms with Crippen molar-refractivity contribution in [3.63, 3.8) is 0 Å². The van der Waals surface area contributed by atoms with Gasteiger partial charge in [0.05, 0.1) is 67.5 Å². The first-order chi connectivity index (χ1) is 46.3. The SMILES string of the molecule is C[C@H]1OCC(O[C@H]2[C@@H](O)CC(O[C@@H]3CC[C@@]4(C)[C@H](CCC5[C@@H]4C[C@@H](O)[C@]4(C)[C@@H](C6=CC(=O)OC6)CC[C@]54O)C3)O[C@@H]2C)[C@H](O)[C@@H]1OC1C[C@H](O)[C@H](OCCCCCC(=O)NCCCCCC(=O)N[C@@H](CC[S+](C)C[C@H]2O[C@@H](n3cnc4c(N)ncnc43)[C@H](O)[C@@H]2O)C(=O)O)[C@@H](C)O1. The van der Waals surface area contributed by atoms with Crippen molar-refractivity contribution in [1.82, 2.24) is 30.2 Å². The van der Waals surface area contributed by atoms with Crippen LogP contribution in [-0.4, -0.2) is 244 Å². The van der Waals surface area contributed by atoms with E-state index in [9.17, 15) is 60.0 Å². The van der Waals surface area contributed by atoms with Crippen molar-refractivity contribution >= 4 is 51.6 Å². The van der Waals surface area contributed by atoms with Gasteiger partial charge in [-0.1, -0.05) is 26.7 Å². The summed E-state index contributed by atoms with van der Waals surface area (Å²) in [6.45, 7) is 10.8. The molecule has 29 heteroatoms. The van der Waals surface area contributed by atoms with Gasteiger partial charge in [0.25, 0.3) is 0 Å². The van der Waals surface area contributed by atoms with Gasteiger partial charge in [0.2, 0.25) is 11.8 Å². The predicted molar refractivity (Wildman–Crippen MR) is 349 cm³/mol. The molecule has 11 rings (SSSR count). The maximum absolute atomic E-state index is 12.8. The number of unbranched alkanes of at least 4 members (excludes halogenated alkanes) is 4.